The van der Waals surface area contributed by atoms with Gasteiger partial charge in [-0.1, -0.05) is 13.8 Å². The van der Waals surface area contributed by atoms with Crippen molar-refractivity contribution in [3.05, 3.63) is 18.2 Å². The smallest absolute Gasteiger partial charge is 0.161 e. The van der Waals surface area contributed by atoms with Crippen LogP contribution in [-0.2, 0) is 13.5 Å². The van der Waals surface area contributed by atoms with E-state index in [-0.39, 0.29) is 12.0 Å². The lowest BCUT2D eigenvalue weighted by Gasteiger charge is -2.13. The van der Waals surface area contributed by atoms with Crippen molar-refractivity contribution in [2.75, 3.05) is 0 Å². The molecule has 0 saturated carbocycles. The monoisotopic (exact) mass is 220 g/mol. The number of aryl methyl sites for hydroxylation is 1. The van der Waals surface area contributed by atoms with E-state index in [0.717, 1.165) is 16.7 Å². The van der Waals surface area contributed by atoms with Gasteiger partial charge in [0.2, 0.25) is 0 Å². The van der Waals surface area contributed by atoms with E-state index in [0.29, 0.717) is 6.42 Å². The van der Waals surface area contributed by atoms with Crippen molar-refractivity contribution in [2.45, 2.75) is 26.4 Å². The fourth-order valence-corrected chi connectivity index (χ4v) is 1.61. The Kier molecular flexibility index (Phi) is 2.87. The third-order valence-electron chi connectivity index (χ3n) is 2.78. The van der Waals surface area contributed by atoms with Crippen LogP contribution in [0.15, 0.2) is 12.5 Å². The average Bonchev–Trinajstić information content (AvgIpc) is 2.62. The predicted octanol–water partition coefficient (Wildman–Crippen LogP) is 0.923. The van der Waals surface area contributed by atoms with E-state index in [9.17, 15) is 5.11 Å². The Morgan fingerprint density at radius 3 is 2.81 bits per heavy atom. The molecule has 0 aromatic carbocycles. The summed E-state index contributed by atoms with van der Waals surface area (Å²) < 4.78 is 1.71. The SMILES string of the molecule is CC(C)C(O)Cc1ncnc2c1cnn2C. The van der Waals surface area contributed by atoms with Crippen LogP contribution >= 0.6 is 0 Å². The molecule has 2 aromatic rings. The Bertz CT molecular complexity index is 492. The first-order valence-electron chi connectivity index (χ1n) is 5.39. The van der Waals surface area contributed by atoms with E-state index in [2.05, 4.69) is 15.1 Å². The summed E-state index contributed by atoms with van der Waals surface area (Å²) in [7, 11) is 1.85. The van der Waals surface area contributed by atoms with Gasteiger partial charge < -0.3 is 5.11 Å². The third kappa shape index (κ3) is 1.90. The summed E-state index contributed by atoms with van der Waals surface area (Å²) >= 11 is 0. The van der Waals surface area contributed by atoms with Crippen molar-refractivity contribution < 1.29 is 5.11 Å². The molecule has 0 saturated heterocycles. The Morgan fingerprint density at radius 1 is 1.38 bits per heavy atom. The Balaban J connectivity index is 2.37. The molecule has 0 radical (unpaired) electrons. The van der Waals surface area contributed by atoms with Crippen molar-refractivity contribution >= 4 is 11.0 Å². The molecule has 86 valence electrons. The zero-order chi connectivity index (χ0) is 11.7. The van der Waals surface area contributed by atoms with E-state index in [1.165, 1.54) is 6.33 Å². The molecule has 0 aliphatic rings. The maximum absolute atomic E-state index is 9.86. The minimum Gasteiger partial charge on any atom is -0.392 e. The molecular formula is C11H16N4O. The highest BCUT2D eigenvalue weighted by molar-refractivity contribution is 5.76. The summed E-state index contributed by atoms with van der Waals surface area (Å²) in [6.07, 6.45) is 3.44. The Hall–Kier alpha value is -1.49. The van der Waals surface area contributed by atoms with Gasteiger partial charge in [0.05, 0.1) is 23.4 Å². The summed E-state index contributed by atoms with van der Waals surface area (Å²) in [5.74, 6) is 0.224. The minimum absolute atomic E-state index is 0.224. The van der Waals surface area contributed by atoms with Crippen LogP contribution in [0.25, 0.3) is 11.0 Å². The van der Waals surface area contributed by atoms with Crippen LogP contribution in [0.2, 0.25) is 0 Å². The van der Waals surface area contributed by atoms with Gasteiger partial charge in [-0.2, -0.15) is 5.10 Å². The van der Waals surface area contributed by atoms with E-state index in [1.807, 2.05) is 20.9 Å². The molecule has 2 rings (SSSR count). The molecule has 5 nitrogen and oxygen atoms in total. The van der Waals surface area contributed by atoms with E-state index < -0.39 is 0 Å². The number of aliphatic hydroxyl groups excluding tert-OH is 1. The first-order valence-corrected chi connectivity index (χ1v) is 5.39. The summed E-state index contributed by atoms with van der Waals surface area (Å²) in [5, 5.41) is 14.9. The summed E-state index contributed by atoms with van der Waals surface area (Å²) in [5.41, 5.74) is 1.67. The van der Waals surface area contributed by atoms with Gasteiger partial charge in [0.15, 0.2) is 5.65 Å². The molecule has 0 spiro atoms. The summed E-state index contributed by atoms with van der Waals surface area (Å²) in [6.45, 7) is 3.98. The first kappa shape index (κ1) is 11.0. The third-order valence-corrected chi connectivity index (χ3v) is 2.78. The number of hydrogen-bond donors (Lipinski definition) is 1. The second-order valence-electron chi connectivity index (χ2n) is 4.34. The molecule has 1 unspecified atom stereocenters. The fraction of sp³-hybridized carbons (Fsp3) is 0.545. The van der Waals surface area contributed by atoms with Crippen LogP contribution in [0.1, 0.15) is 19.5 Å². The highest BCUT2D eigenvalue weighted by Crippen LogP contribution is 2.16. The van der Waals surface area contributed by atoms with Gasteiger partial charge in [-0.25, -0.2) is 9.97 Å². The average molecular weight is 220 g/mol. The normalized spacial score (nSPS) is 13.6. The first-order chi connectivity index (χ1) is 7.59. The van der Waals surface area contributed by atoms with Crippen LogP contribution in [0.5, 0.6) is 0 Å². The van der Waals surface area contributed by atoms with E-state index >= 15 is 0 Å². The zero-order valence-corrected chi connectivity index (χ0v) is 9.75. The highest BCUT2D eigenvalue weighted by Gasteiger charge is 2.14. The molecule has 1 N–H and O–H groups in total. The maximum Gasteiger partial charge on any atom is 0.161 e. The zero-order valence-electron chi connectivity index (χ0n) is 9.75. The van der Waals surface area contributed by atoms with Crippen molar-refractivity contribution in [3.8, 4) is 0 Å². The molecule has 2 heterocycles. The molecule has 0 amide bonds. The van der Waals surface area contributed by atoms with Crippen molar-refractivity contribution in [2.24, 2.45) is 13.0 Å². The van der Waals surface area contributed by atoms with Crippen LogP contribution in [0.3, 0.4) is 0 Å². The largest absolute Gasteiger partial charge is 0.392 e. The number of nitrogens with zero attached hydrogens (tertiary/aromatic N) is 4. The quantitative estimate of drug-likeness (QED) is 0.835. The van der Waals surface area contributed by atoms with Crippen LogP contribution in [0, 0.1) is 5.92 Å². The molecule has 0 fully saturated rings. The number of hydrogen-bond acceptors (Lipinski definition) is 4. The lowest BCUT2D eigenvalue weighted by molar-refractivity contribution is 0.125. The van der Waals surface area contributed by atoms with Gasteiger partial charge in [-0.3, -0.25) is 4.68 Å². The van der Waals surface area contributed by atoms with Crippen molar-refractivity contribution in [3.63, 3.8) is 0 Å². The minimum atomic E-state index is -0.377. The Labute approximate surface area is 94.1 Å². The molecule has 1 atom stereocenters. The second kappa shape index (κ2) is 4.17. The van der Waals surface area contributed by atoms with E-state index in [4.69, 9.17) is 0 Å². The molecule has 5 heteroatoms. The van der Waals surface area contributed by atoms with Gasteiger partial charge in [0, 0.05) is 13.5 Å². The highest BCUT2D eigenvalue weighted by atomic mass is 16.3. The van der Waals surface area contributed by atoms with Crippen molar-refractivity contribution in [1.29, 1.82) is 0 Å². The number of rotatable bonds is 3. The molecular weight excluding hydrogens is 204 g/mol. The standard InChI is InChI=1S/C11H16N4O/c1-7(2)10(16)4-9-8-5-14-15(3)11(8)13-6-12-9/h5-7,10,16H,4H2,1-3H3. The van der Waals surface area contributed by atoms with Crippen molar-refractivity contribution in [1.82, 2.24) is 19.7 Å². The molecule has 2 aromatic heterocycles. The molecule has 16 heavy (non-hydrogen) atoms. The molecule has 0 aliphatic carbocycles. The lowest BCUT2D eigenvalue weighted by atomic mass is 10.0. The lowest BCUT2D eigenvalue weighted by Crippen LogP contribution is -2.18. The second-order valence-corrected chi connectivity index (χ2v) is 4.34. The van der Waals surface area contributed by atoms with Gasteiger partial charge >= 0.3 is 0 Å². The summed E-state index contributed by atoms with van der Waals surface area (Å²) in [6, 6.07) is 0. The van der Waals surface area contributed by atoms with Gasteiger partial charge in [0.25, 0.3) is 0 Å². The van der Waals surface area contributed by atoms with Crippen LogP contribution < -0.4 is 0 Å². The number of fused-ring (bicyclic) bond motifs is 1. The van der Waals surface area contributed by atoms with E-state index in [1.54, 1.807) is 10.9 Å². The number of aliphatic hydroxyl groups is 1. The van der Waals surface area contributed by atoms with Gasteiger partial charge in [-0.05, 0) is 5.92 Å². The maximum atomic E-state index is 9.86. The Morgan fingerprint density at radius 2 is 2.12 bits per heavy atom. The predicted molar refractivity (Wildman–Crippen MR) is 60.9 cm³/mol. The van der Waals surface area contributed by atoms with Crippen LogP contribution in [-0.4, -0.2) is 31.0 Å². The van der Waals surface area contributed by atoms with Crippen LogP contribution in [0.4, 0.5) is 0 Å². The fourth-order valence-electron chi connectivity index (χ4n) is 1.61. The summed E-state index contributed by atoms with van der Waals surface area (Å²) in [4.78, 5) is 8.38. The topological polar surface area (TPSA) is 63.8 Å². The van der Waals surface area contributed by atoms with Gasteiger partial charge in [0.1, 0.15) is 6.33 Å². The number of aromatic nitrogens is 4. The molecule has 0 aliphatic heterocycles. The molecule has 0 bridgehead atoms. The van der Waals surface area contributed by atoms with Gasteiger partial charge in [-0.15, -0.1) is 0 Å².